The molecule has 6 heteroatoms. The second kappa shape index (κ2) is 9.62. The van der Waals surface area contributed by atoms with E-state index in [2.05, 4.69) is 5.32 Å². The molecule has 0 heterocycles. The third kappa shape index (κ3) is 5.23. The summed E-state index contributed by atoms with van der Waals surface area (Å²) in [5.41, 5.74) is 2.64. The maximum atomic E-state index is 12.5. The van der Waals surface area contributed by atoms with Crippen molar-refractivity contribution in [3.63, 3.8) is 0 Å². The molecule has 1 N–H and O–H groups in total. The van der Waals surface area contributed by atoms with Crippen LogP contribution in [0.4, 0.5) is 0 Å². The number of ether oxygens (including phenoxy) is 2. The molecular weight excluding hydrogens is 344 g/mol. The number of hydrogen-bond acceptors (Lipinski definition) is 4. The number of likely N-dealkylation sites (N-methyl/N-ethyl adjacent to an activating group) is 1. The summed E-state index contributed by atoms with van der Waals surface area (Å²) in [6.45, 7) is 4.97. The van der Waals surface area contributed by atoms with E-state index in [1.54, 1.807) is 23.1 Å². The molecule has 0 aliphatic rings. The van der Waals surface area contributed by atoms with Gasteiger partial charge < -0.3 is 19.7 Å². The van der Waals surface area contributed by atoms with Gasteiger partial charge in [-0.15, -0.1) is 0 Å². The molecule has 2 aromatic rings. The van der Waals surface area contributed by atoms with E-state index >= 15 is 0 Å². The minimum atomic E-state index is -0.337. The summed E-state index contributed by atoms with van der Waals surface area (Å²) >= 11 is 0. The summed E-state index contributed by atoms with van der Waals surface area (Å²) in [5, 5.41) is 2.68. The molecular formula is C21H26N2O4. The van der Waals surface area contributed by atoms with Crippen molar-refractivity contribution in [2.75, 3.05) is 27.3 Å². The van der Waals surface area contributed by atoms with Crippen LogP contribution in [0.1, 0.15) is 28.4 Å². The van der Waals surface area contributed by atoms with Crippen LogP contribution >= 0.6 is 0 Å². The van der Waals surface area contributed by atoms with Gasteiger partial charge in [0.05, 0.1) is 20.8 Å². The minimum absolute atomic E-state index is 0.0626. The highest BCUT2D eigenvalue weighted by Crippen LogP contribution is 2.27. The smallest absolute Gasteiger partial charge is 0.251 e. The predicted molar refractivity (Wildman–Crippen MR) is 104 cm³/mol. The molecule has 2 aromatic carbocycles. The van der Waals surface area contributed by atoms with Crippen LogP contribution in [0.2, 0.25) is 0 Å². The second-order valence-corrected chi connectivity index (χ2v) is 6.09. The van der Waals surface area contributed by atoms with Crippen molar-refractivity contribution in [1.82, 2.24) is 10.2 Å². The van der Waals surface area contributed by atoms with Gasteiger partial charge in [-0.05, 0) is 43.2 Å². The Labute approximate surface area is 160 Å². The average molecular weight is 370 g/mol. The molecule has 144 valence electrons. The number of rotatable bonds is 8. The highest BCUT2D eigenvalue weighted by atomic mass is 16.5. The molecule has 0 aliphatic carbocycles. The lowest BCUT2D eigenvalue weighted by Crippen LogP contribution is -2.39. The van der Waals surface area contributed by atoms with Gasteiger partial charge in [0.1, 0.15) is 0 Å². The van der Waals surface area contributed by atoms with Crippen LogP contribution in [0.15, 0.2) is 42.5 Å². The number of aryl methyl sites for hydroxylation is 1. The van der Waals surface area contributed by atoms with Crippen LogP contribution in [-0.2, 0) is 11.3 Å². The first-order valence-corrected chi connectivity index (χ1v) is 8.82. The van der Waals surface area contributed by atoms with E-state index in [1.807, 2.05) is 38.1 Å². The lowest BCUT2D eigenvalue weighted by molar-refractivity contribution is -0.130. The first kappa shape index (κ1) is 20.3. The fourth-order valence-corrected chi connectivity index (χ4v) is 2.72. The van der Waals surface area contributed by atoms with E-state index in [0.29, 0.717) is 30.2 Å². The van der Waals surface area contributed by atoms with Crippen LogP contribution < -0.4 is 14.8 Å². The topological polar surface area (TPSA) is 67.9 Å². The second-order valence-electron chi connectivity index (χ2n) is 6.09. The van der Waals surface area contributed by atoms with E-state index < -0.39 is 0 Å². The Kier molecular flexibility index (Phi) is 7.23. The molecule has 2 rings (SSSR count). The first-order valence-electron chi connectivity index (χ1n) is 8.82. The maximum Gasteiger partial charge on any atom is 0.251 e. The number of hydrogen-bond donors (Lipinski definition) is 1. The lowest BCUT2D eigenvalue weighted by atomic mass is 10.1. The summed E-state index contributed by atoms with van der Waals surface area (Å²) < 4.78 is 10.4. The molecule has 0 unspecified atom stereocenters. The van der Waals surface area contributed by atoms with Crippen molar-refractivity contribution in [3.8, 4) is 11.5 Å². The predicted octanol–water partition coefficient (Wildman–Crippen LogP) is 2.79. The van der Waals surface area contributed by atoms with E-state index in [0.717, 1.165) is 11.1 Å². The summed E-state index contributed by atoms with van der Waals surface area (Å²) in [5.74, 6) is 0.539. The first-order chi connectivity index (χ1) is 13.0. The monoisotopic (exact) mass is 370 g/mol. The maximum absolute atomic E-state index is 12.5. The molecule has 0 fully saturated rings. The van der Waals surface area contributed by atoms with E-state index in [9.17, 15) is 9.59 Å². The molecule has 6 nitrogen and oxygen atoms in total. The van der Waals surface area contributed by atoms with Gasteiger partial charge in [-0.3, -0.25) is 9.59 Å². The highest BCUT2D eigenvalue weighted by molar-refractivity contribution is 5.97. The number of carbonyl (C=O) groups is 2. The normalized spacial score (nSPS) is 10.2. The van der Waals surface area contributed by atoms with Gasteiger partial charge in [-0.25, -0.2) is 0 Å². The van der Waals surface area contributed by atoms with Gasteiger partial charge in [0.25, 0.3) is 5.91 Å². The zero-order valence-corrected chi connectivity index (χ0v) is 16.2. The number of nitrogens with one attached hydrogen (secondary N) is 1. The zero-order valence-electron chi connectivity index (χ0n) is 16.2. The fraction of sp³-hybridized carbons (Fsp3) is 0.333. The molecule has 2 amide bonds. The number of nitrogens with zero attached hydrogens (tertiary/aromatic N) is 1. The molecule has 0 saturated heterocycles. The fourth-order valence-electron chi connectivity index (χ4n) is 2.72. The van der Waals surface area contributed by atoms with Crippen LogP contribution in [0.3, 0.4) is 0 Å². The van der Waals surface area contributed by atoms with Crippen LogP contribution in [0.25, 0.3) is 0 Å². The Morgan fingerprint density at radius 2 is 1.74 bits per heavy atom. The quantitative estimate of drug-likeness (QED) is 0.776. The molecule has 0 saturated carbocycles. The Morgan fingerprint density at radius 1 is 1.04 bits per heavy atom. The number of methoxy groups -OCH3 is 2. The standard InChI is InChI=1S/C21H26N2O4/c1-5-23(14-17-9-7-6-8-15(17)2)20(24)13-22-21(25)16-10-11-18(26-3)19(12-16)27-4/h6-12H,5,13-14H2,1-4H3,(H,22,25). The minimum Gasteiger partial charge on any atom is -0.493 e. The molecule has 0 radical (unpaired) electrons. The molecule has 0 aliphatic heterocycles. The third-order valence-corrected chi connectivity index (χ3v) is 4.40. The van der Waals surface area contributed by atoms with Gasteiger partial charge in [-0.2, -0.15) is 0 Å². The number of benzene rings is 2. The molecule has 27 heavy (non-hydrogen) atoms. The third-order valence-electron chi connectivity index (χ3n) is 4.40. The molecule has 0 atom stereocenters. The van der Waals surface area contributed by atoms with Crippen LogP contribution in [0.5, 0.6) is 11.5 Å². The Hall–Kier alpha value is -3.02. The van der Waals surface area contributed by atoms with Gasteiger partial charge in [0.2, 0.25) is 5.91 Å². The van der Waals surface area contributed by atoms with Crippen molar-refractivity contribution in [1.29, 1.82) is 0 Å². The highest BCUT2D eigenvalue weighted by Gasteiger charge is 2.16. The van der Waals surface area contributed by atoms with Crippen molar-refractivity contribution < 1.29 is 19.1 Å². The largest absolute Gasteiger partial charge is 0.493 e. The van der Waals surface area contributed by atoms with Gasteiger partial charge >= 0.3 is 0 Å². The van der Waals surface area contributed by atoms with Gasteiger partial charge in [-0.1, -0.05) is 24.3 Å². The van der Waals surface area contributed by atoms with Crippen LogP contribution in [0, 0.1) is 6.92 Å². The summed E-state index contributed by atoms with van der Waals surface area (Å²) in [7, 11) is 3.04. The summed E-state index contributed by atoms with van der Waals surface area (Å²) in [4.78, 5) is 26.6. The Balaban J connectivity index is 1.99. The summed E-state index contributed by atoms with van der Waals surface area (Å²) in [6.07, 6.45) is 0. The van der Waals surface area contributed by atoms with Crippen molar-refractivity contribution in [2.24, 2.45) is 0 Å². The average Bonchev–Trinajstić information content (AvgIpc) is 2.70. The van der Waals surface area contributed by atoms with Gasteiger partial charge in [0.15, 0.2) is 11.5 Å². The van der Waals surface area contributed by atoms with Crippen molar-refractivity contribution in [3.05, 3.63) is 59.2 Å². The number of amides is 2. The Morgan fingerprint density at radius 3 is 2.37 bits per heavy atom. The molecule has 0 spiro atoms. The molecule has 0 aromatic heterocycles. The van der Waals surface area contributed by atoms with E-state index in [4.69, 9.17) is 9.47 Å². The van der Waals surface area contributed by atoms with E-state index in [-0.39, 0.29) is 18.4 Å². The van der Waals surface area contributed by atoms with Gasteiger partial charge in [0, 0.05) is 18.7 Å². The molecule has 0 bridgehead atoms. The van der Waals surface area contributed by atoms with Crippen molar-refractivity contribution in [2.45, 2.75) is 20.4 Å². The van der Waals surface area contributed by atoms with E-state index in [1.165, 1.54) is 14.2 Å². The number of carbonyl (C=O) groups excluding carboxylic acids is 2. The summed E-state index contributed by atoms with van der Waals surface area (Å²) in [6, 6.07) is 12.8. The van der Waals surface area contributed by atoms with Crippen LogP contribution in [-0.4, -0.2) is 44.0 Å². The lowest BCUT2D eigenvalue weighted by Gasteiger charge is -2.22. The SMILES string of the molecule is CCN(Cc1ccccc1C)C(=O)CNC(=O)c1ccc(OC)c(OC)c1. The van der Waals surface area contributed by atoms with Crippen molar-refractivity contribution >= 4 is 11.8 Å². The Bertz CT molecular complexity index is 805. The zero-order chi connectivity index (χ0) is 19.8.